The molecule has 2 amide bonds. The Morgan fingerprint density at radius 2 is 2.12 bits per heavy atom. The average molecular weight is 239 g/mol. The van der Waals surface area contributed by atoms with Crippen molar-refractivity contribution in [2.45, 2.75) is 0 Å². The Morgan fingerprint density at radius 1 is 1.47 bits per heavy atom. The Morgan fingerprint density at radius 3 is 2.59 bits per heavy atom. The Labute approximate surface area is 95.5 Å². The lowest BCUT2D eigenvalue weighted by Crippen LogP contribution is -2.29. The summed E-state index contributed by atoms with van der Waals surface area (Å²) in [5.41, 5.74) is 4.68. The Balaban J connectivity index is 3.05. The summed E-state index contributed by atoms with van der Waals surface area (Å²) >= 11 is 0. The second-order valence-electron chi connectivity index (χ2n) is 2.96. The lowest BCUT2D eigenvalue weighted by molar-refractivity contribution is -0.384. The van der Waals surface area contributed by atoms with Crippen LogP contribution in [0.25, 0.3) is 0 Å². The zero-order valence-electron chi connectivity index (χ0n) is 8.80. The van der Waals surface area contributed by atoms with E-state index in [0.717, 1.165) is 6.07 Å². The van der Waals surface area contributed by atoms with Gasteiger partial charge >= 0.3 is 11.8 Å². The van der Waals surface area contributed by atoms with Crippen molar-refractivity contribution in [1.29, 1.82) is 0 Å². The van der Waals surface area contributed by atoms with Gasteiger partial charge in [-0.3, -0.25) is 19.7 Å². The second-order valence-corrected chi connectivity index (χ2v) is 2.96. The lowest BCUT2D eigenvalue weighted by atomic mass is 10.2. The molecule has 8 heteroatoms. The van der Waals surface area contributed by atoms with E-state index in [1.165, 1.54) is 19.2 Å². The first-order valence-electron chi connectivity index (χ1n) is 4.39. The fourth-order valence-corrected chi connectivity index (χ4v) is 1.08. The monoisotopic (exact) mass is 239 g/mol. The zero-order chi connectivity index (χ0) is 13.0. The summed E-state index contributed by atoms with van der Waals surface area (Å²) in [5.74, 6) is -2.13. The second kappa shape index (κ2) is 4.92. The van der Waals surface area contributed by atoms with Gasteiger partial charge in [0.05, 0.1) is 23.8 Å². The molecule has 0 saturated heterocycles. The fourth-order valence-electron chi connectivity index (χ4n) is 1.08. The summed E-state index contributed by atoms with van der Waals surface area (Å²) in [4.78, 5) is 31.5. The molecule has 0 aliphatic heterocycles. The van der Waals surface area contributed by atoms with Crippen LogP contribution in [-0.2, 0) is 9.59 Å². The fraction of sp³-hybridized carbons (Fsp3) is 0.111. The van der Waals surface area contributed by atoms with Gasteiger partial charge in [-0.2, -0.15) is 0 Å². The number of carbonyl (C=O) groups excluding carboxylic acids is 2. The van der Waals surface area contributed by atoms with E-state index >= 15 is 0 Å². The van der Waals surface area contributed by atoms with E-state index in [-0.39, 0.29) is 17.1 Å². The van der Waals surface area contributed by atoms with Gasteiger partial charge in [-0.1, -0.05) is 0 Å². The number of benzene rings is 1. The first-order chi connectivity index (χ1) is 7.95. The summed E-state index contributed by atoms with van der Waals surface area (Å²) in [7, 11) is 1.28. The molecule has 0 aliphatic carbocycles. The van der Waals surface area contributed by atoms with Gasteiger partial charge in [0.15, 0.2) is 0 Å². The summed E-state index contributed by atoms with van der Waals surface area (Å²) in [6.07, 6.45) is 0. The Hall–Kier alpha value is -2.64. The highest BCUT2D eigenvalue weighted by Crippen LogP contribution is 2.28. The van der Waals surface area contributed by atoms with E-state index in [4.69, 9.17) is 10.5 Å². The minimum absolute atomic E-state index is 0.0637. The van der Waals surface area contributed by atoms with Gasteiger partial charge in [0.2, 0.25) is 0 Å². The normalized spacial score (nSPS) is 9.47. The smallest absolute Gasteiger partial charge is 0.313 e. The number of nitro benzene ring substituents is 1. The third-order valence-corrected chi connectivity index (χ3v) is 1.87. The molecular weight excluding hydrogens is 230 g/mol. The molecule has 1 aromatic rings. The molecule has 90 valence electrons. The number of nitro groups is 1. The van der Waals surface area contributed by atoms with Crippen LogP contribution in [0.4, 0.5) is 11.4 Å². The molecule has 1 aromatic carbocycles. The van der Waals surface area contributed by atoms with Crippen molar-refractivity contribution in [3.8, 4) is 5.75 Å². The standard InChI is InChI=1S/C9H9N3O5/c1-17-7-4-5(12(15)16)2-3-6(7)11-9(14)8(10)13/h2-4H,1H3,(H2,10,13)(H,11,14). The van der Waals surface area contributed by atoms with Crippen LogP contribution in [0, 0.1) is 10.1 Å². The molecule has 0 aliphatic rings. The minimum Gasteiger partial charge on any atom is -0.494 e. The van der Waals surface area contributed by atoms with E-state index in [9.17, 15) is 19.7 Å². The summed E-state index contributed by atoms with van der Waals surface area (Å²) < 4.78 is 4.85. The van der Waals surface area contributed by atoms with Crippen molar-refractivity contribution in [2.24, 2.45) is 5.73 Å². The van der Waals surface area contributed by atoms with Crippen molar-refractivity contribution in [2.75, 3.05) is 12.4 Å². The largest absolute Gasteiger partial charge is 0.494 e. The number of non-ortho nitro benzene ring substituents is 1. The molecule has 0 unspecified atom stereocenters. The number of amides is 2. The first kappa shape index (κ1) is 12.4. The molecule has 0 radical (unpaired) electrons. The van der Waals surface area contributed by atoms with Crippen molar-refractivity contribution in [1.82, 2.24) is 0 Å². The number of carbonyl (C=O) groups is 2. The van der Waals surface area contributed by atoms with Crippen molar-refractivity contribution < 1.29 is 19.2 Å². The van der Waals surface area contributed by atoms with E-state index in [2.05, 4.69) is 5.32 Å². The van der Waals surface area contributed by atoms with Gasteiger partial charge in [0, 0.05) is 6.07 Å². The summed E-state index contributed by atoms with van der Waals surface area (Å²) in [6, 6.07) is 3.54. The molecule has 17 heavy (non-hydrogen) atoms. The zero-order valence-corrected chi connectivity index (χ0v) is 8.80. The summed E-state index contributed by atoms with van der Waals surface area (Å²) in [5, 5.41) is 12.7. The number of nitrogens with zero attached hydrogens (tertiary/aromatic N) is 1. The third kappa shape index (κ3) is 2.91. The molecule has 0 heterocycles. The number of anilines is 1. The van der Waals surface area contributed by atoms with Gasteiger partial charge < -0.3 is 15.8 Å². The van der Waals surface area contributed by atoms with Crippen molar-refractivity contribution >= 4 is 23.2 Å². The molecule has 0 fully saturated rings. The van der Waals surface area contributed by atoms with Crippen LogP contribution in [0.3, 0.4) is 0 Å². The molecule has 0 aromatic heterocycles. The third-order valence-electron chi connectivity index (χ3n) is 1.87. The predicted octanol–water partition coefficient (Wildman–Crippen LogP) is 0.0272. The number of nitrogens with one attached hydrogen (secondary N) is 1. The van der Waals surface area contributed by atoms with E-state index < -0.39 is 16.7 Å². The average Bonchev–Trinajstić information content (AvgIpc) is 2.28. The predicted molar refractivity (Wildman–Crippen MR) is 57.5 cm³/mol. The Bertz CT molecular complexity index is 486. The maximum absolute atomic E-state index is 11.0. The van der Waals surface area contributed by atoms with Crippen LogP contribution in [-0.4, -0.2) is 23.8 Å². The maximum Gasteiger partial charge on any atom is 0.313 e. The van der Waals surface area contributed by atoms with Crippen LogP contribution < -0.4 is 15.8 Å². The first-order valence-corrected chi connectivity index (χ1v) is 4.39. The summed E-state index contributed by atoms with van der Waals surface area (Å²) in [6.45, 7) is 0. The number of nitrogens with two attached hydrogens (primary N) is 1. The quantitative estimate of drug-likeness (QED) is 0.437. The maximum atomic E-state index is 11.0. The number of ether oxygens (including phenoxy) is 1. The highest BCUT2D eigenvalue weighted by Gasteiger charge is 2.15. The van der Waals surface area contributed by atoms with Gasteiger partial charge in [-0.25, -0.2) is 0 Å². The van der Waals surface area contributed by atoms with Gasteiger partial charge in [-0.05, 0) is 6.07 Å². The molecule has 0 atom stereocenters. The molecule has 1 rings (SSSR count). The molecule has 0 spiro atoms. The number of hydrogen-bond donors (Lipinski definition) is 2. The number of hydrogen-bond acceptors (Lipinski definition) is 5. The van der Waals surface area contributed by atoms with Crippen LogP contribution in [0.15, 0.2) is 18.2 Å². The highest BCUT2D eigenvalue weighted by molar-refractivity contribution is 6.39. The van der Waals surface area contributed by atoms with E-state index in [1.807, 2.05) is 0 Å². The topological polar surface area (TPSA) is 125 Å². The van der Waals surface area contributed by atoms with Gasteiger partial charge in [0.1, 0.15) is 5.75 Å². The number of methoxy groups -OCH3 is 1. The Kier molecular flexibility index (Phi) is 3.60. The minimum atomic E-state index is -1.16. The van der Waals surface area contributed by atoms with Crippen molar-refractivity contribution in [3.63, 3.8) is 0 Å². The van der Waals surface area contributed by atoms with E-state index in [0.29, 0.717) is 0 Å². The SMILES string of the molecule is COc1cc([N+](=O)[O-])ccc1NC(=O)C(N)=O. The van der Waals surface area contributed by atoms with Gasteiger partial charge in [-0.15, -0.1) is 0 Å². The highest BCUT2D eigenvalue weighted by atomic mass is 16.6. The number of rotatable bonds is 3. The molecule has 0 bridgehead atoms. The molecule has 0 saturated carbocycles. The van der Waals surface area contributed by atoms with Crippen LogP contribution in [0.5, 0.6) is 5.75 Å². The van der Waals surface area contributed by atoms with Gasteiger partial charge in [0.25, 0.3) is 5.69 Å². The molecular formula is C9H9N3O5. The van der Waals surface area contributed by atoms with E-state index in [1.54, 1.807) is 0 Å². The van der Waals surface area contributed by atoms with Crippen LogP contribution >= 0.6 is 0 Å². The number of primary amides is 1. The molecule has 8 nitrogen and oxygen atoms in total. The lowest BCUT2D eigenvalue weighted by Gasteiger charge is -2.08. The van der Waals surface area contributed by atoms with Crippen molar-refractivity contribution in [3.05, 3.63) is 28.3 Å². The van der Waals surface area contributed by atoms with Crippen LogP contribution in [0.1, 0.15) is 0 Å². The molecule has 3 N–H and O–H groups in total. The van der Waals surface area contributed by atoms with Crippen LogP contribution in [0.2, 0.25) is 0 Å².